The van der Waals surface area contributed by atoms with Gasteiger partial charge in [0.25, 0.3) is 0 Å². The molecule has 2 rings (SSSR count). The van der Waals surface area contributed by atoms with Crippen LogP contribution in [0, 0.1) is 5.92 Å². The standard InChI is InChI=1S/C23H41N5O2/c1-6-29-21-9-8-20(16-22(21)30-7-2)10-11-25-23(24-4)26-17-19(3)18-28-14-12-27(5)13-15-28/h8-9,16,19H,6-7,10-15,17-18H2,1-5H3,(H2,24,25,26). The van der Waals surface area contributed by atoms with Crippen molar-refractivity contribution in [2.45, 2.75) is 27.2 Å². The Hall–Kier alpha value is -1.99. The van der Waals surface area contributed by atoms with E-state index in [9.17, 15) is 0 Å². The van der Waals surface area contributed by atoms with E-state index in [4.69, 9.17) is 9.47 Å². The molecule has 1 unspecified atom stereocenters. The van der Waals surface area contributed by atoms with Crippen LogP contribution >= 0.6 is 0 Å². The van der Waals surface area contributed by atoms with Gasteiger partial charge in [0.2, 0.25) is 0 Å². The van der Waals surface area contributed by atoms with Gasteiger partial charge >= 0.3 is 0 Å². The smallest absolute Gasteiger partial charge is 0.190 e. The van der Waals surface area contributed by atoms with Gasteiger partial charge in [-0.05, 0) is 50.9 Å². The van der Waals surface area contributed by atoms with E-state index in [0.29, 0.717) is 19.1 Å². The van der Waals surface area contributed by atoms with Crippen molar-refractivity contribution in [2.24, 2.45) is 10.9 Å². The number of nitrogens with one attached hydrogen (secondary N) is 2. The Morgan fingerprint density at radius 1 is 1.07 bits per heavy atom. The predicted octanol–water partition coefficient (Wildman–Crippen LogP) is 2.08. The first kappa shape index (κ1) is 24.3. The van der Waals surface area contributed by atoms with Crippen LogP contribution in [-0.4, -0.2) is 88.9 Å². The van der Waals surface area contributed by atoms with Crippen molar-refractivity contribution in [3.63, 3.8) is 0 Å². The number of ether oxygens (including phenoxy) is 2. The zero-order chi connectivity index (χ0) is 21.8. The normalized spacial score (nSPS) is 16.9. The minimum atomic E-state index is 0.576. The number of rotatable bonds is 11. The second-order valence-electron chi connectivity index (χ2n) is 7.99. The maximum absolute atomic E-state index is 5.72. The molecule has 0 spiro atoms. The third kappa shape index (κ3) is 8.40. The van der Waals surface area contributed by atoms with Gasteiger partial charge in [0, 0.05) is 52.9 Å². The van der Waals surface area contributed by atoms with E-state index in [1.165, 1.54) is 31.7 Å². The van der Waals surface area contributed by atoms with Crippen LogP contribution in [-0.2, 0) is 6.42 Å². The Kier molecular flexibility index (Phi) is 10.8. The van der Waals surface area contributed by atoms with Gasteiger partial charge in [-0.1, -0.05) is 13.0 Å². The zero-order valence-corrected chi connectivity index (χ0v) is 19.5. The lowest BCUT2D eigenvalue weighted by Gasteiger charge is -2.34. The number of piperazine rings is 1. The second-order valence-corrected chi connectivity index (χ2v) is 7.99. The zero-order valence-electron chi connectivity index (χ0n) is 19.5. The molecule has 1 aromatic rings. The molecule has 1 fully saturated rings. The van der Waals surface area contributed by atoms with Crippen molar-refractivity contribution < 1.29 is 9.47 Å². The molecule has 1 atom stereocenters. The minimum absolute atomic E-state index is 0.576. The van der Waals surface area contributed by atoms with Crippen LogP contribution in [0.4, 0.5) is 0 Å². The molecule has 0 aliphatic carbocycles. The molecule has 30 heavy (non-hydrogen) atoms. The summed E-state index contributed by atoms with van der Waals surface area (Å²) in [4.78, 5) is 9.32. The monoisotopic (exact) mass is 419 g/mol. The fourth-order valence-electron chi connectivity index (χ4n) is 3.60. The highest BCUT2D eigenvalue weighted by atomic mass is 16.5. The molecule has 7 nitrogen and oxygen atoms in total. The molecular formula is C23H41N5O2. The summed E-state index contributed by atoms with van der Waals surface area (Å²) in [6, 6.07) is 6.17. The number of hydrogen-bond donors (Lipinski definition) is 2. The quantitative estimate of drug-likeness (QED) is 0.423. The SMILES string of the molecule is CCOc1ccc(CCNC(=NC)NCC(C)CN2CCN(C)CC2)cc1OCC. The summed E-state index contributed by atoms with van der Waals surface area (Å²) in [5.41, 5.74) is 1.22. The molecule has 1 aliphatic rings. The van der Waals surface area contributed by atoms with Crippen molar-refractivity contribution in [1.82, 2.24) is 20.4 Å². The van der Waals surface area contributed by atoms with Crippen molar-refractivity contribution in [2.75, 3.05) is 73.1 Å². The molecule has 0 bridgehead atoms. The summed E-state index contributed by atoms with van der Waals surface area (Å²) in [6.07, 6.45) is 0.893. The van der Waals surface area contributed by atoms with E-state index in [1.807, 2.05) is 27.0 Å². The van der Waals surface area contributed by atoms with E-state index in [-0.39, 0.29) is 0 Å². The maximum atomic E-state index is 5.72. The largest absolute Gasteiger partial charge is 0.490 e. The first-order valence-corrected chi connectivity index (χ1v) is 11.3. The summed E-state index contributed by atoms with van der Waals surface area (Å²) in [6.45, 7) is 15.1. The summed E-state index contributed by atoms with van der Waals surface area (Å²) in [7, 11) is 4.02. The molecule has 1 aliphatic heterocycles. The highest BCUT2D eigenvalue weighted by Gasteiger charge is 2.16. The second kappa shape index (κ2) is 13.3. The Morgan fingerprint density at radius 3 is 2.43 bits per heavy atom. The lowest BCUT2D eigenvalue weighted by Crippen LogP contribution is -2.47. The van der Waals surface area contributed by atoms with Gasteiger partial charge in [0.05, 0.1) is 13.2 Å². The van der Waals surface area contributed by atoms with Crippen LogP contribution < -0.4 is 20.1 Å². The van der Waals surface area contributed by atoms with Crippen molar-refractivity contribution in [1.29, 1.82) is 0 Å². The van der Waals surface area contributed by atoms with Crippen molar-refractivity contribution in [3.05, 3.63) is 23.8 Å². The van der Waals surface area contributed by atoms with E-state index in [1.54, 1.807) is 0 Å². The van der Waals surface area contributed by atoms with Gasteiger partial charge in [-0.15, -0.1) is 0 Å². The topological polar surface area (TPSA) is 61.4 Å². The van der Waals surface area contributed by atoms with E-state index in [2.05, 4.69) is 51.5 Å². The Labute approximate surface area is 182 Å². The molecule has 0 saturated carbocycles. The minimum Gasteiger partial charge on any atom is -0.490 e. The Bertz CT molecular complexity index is 644. The Morgan fingerprint density at radius 2 is 1.77 bits per heavy atom. The third-order valence-corrected chi connectivity index (χ3v) is 5.32. The van der Waals surface area contributed by atoms with E-state index in [0.717, 1.165) is 43.5 Å². The molecular weight excluding hydrogens is 378 g/mol. The summed E-state index contributed by atoms with van der Waals surface area (Å²) < 4.78 is 11.4. The highest BCUT2D eigenvalue weighted by molar-refractivity contribution is 5.79. The van der Waals surface area contributed by atoms with Gasteiger partial charge in [-0.3, -0.25) is 4.99 Å². The first-order chi connectivity index (χ1) is 14.5. The van der Waals surface area contributed by atoms with E-state index < -0.39 is 0 Å². The number of aliphatic imine (C=N–C) groups is 1. The van der Waals surface area contributed by atoms with Crippen LogP contribution in [0.25, 0.3) is 0 Å². The highest BCUT2D eigenvalue weighted by Crippen LogP contribution is 2.28. The van der Waals surface area contributed by atoms with Gasteiger partial charge in [-0.25, -0.2) is 0 Å². The molecule has 0 radical (unpaired) electrons. The fourth-order valence-corrected chi connectivity index (χ4v) is 3.60. The summed E-state index contributed by atoms with van der Waals surface area (Å²) in [5, 5.41) is 6.89. The lowest BCUT2D eigenvalue weighted by molar-refractivity contribution is 0.139. The lowest BCUT2D eigenvalue weighted by atomic mass is 10.1. The molecule has 0 aromatic heterocycles. The molecule has 1 heterocycles. The van der Waals surface area contributed by atoms with E-state index >= 15 is 0 Å². The van der Waals surface area contributed by atoms with Crippen LogP contribution in [0.5, 0.6) is 11.5 Å². The van der Waals surface area contributed by atoms with Gasteiger partial charge in [0.15, 0.2) is 17.5 Å². The van der Waals surface area contributed by atoms with Crippen molar-refractivity contribution >= 4 is 5.96 Å². The average Bonchev–Trinajstić information content (AvgIpc) is 2.74. The van der Waals surface area contributed by atoms with Crippen LogP contribution in [0.3, 0.4) is 0 Å². The number of benzene rings is 1. The predicted molar refractivity (Wildman–Crippen MR) is 125 cm³/mol. The molecule has 1 aromatic carbocycles. The molecule has 1 saturated heterocycles. The van der Waals surface area contributed by atoms with Crippen LogP contribution in [0.15, 0.2) is 23.2 Å². The summed E-state index contributed by atoms with van der Waals surface area (Å²) in [5.74, 6) is 3.06. The third-order valence-electron chi connectivity index (χ3n) is 5.32. The van der Waals surface area contributed by atoms with Gasteiger partial charge in [-0.2, -0.15) is 0 Å². The van der Waals surface area contributed by atoms with Gasteiger partial charge in [0.1, 0.15) is 0 Å². The number of hydrogen-bond acceptors (Lipinski definition) is 5. The molecule has 2 N–H and O–H groups in total. The van der Waals surface area contributed by atoms with Crippen LogP contribution in [0.1, 0.15) is 26.3 Å². The number of likely N-dealkylation sites (N-methyl/N-ethyl adjacent to an activating group) is 1. The first-order valence-electron chi connectivity index (χ1n) is 11.3. The Balaban J connectivity index is 1.73. The molecule has 170 valence electrons. The maximum Gasteiger partial charge on any atom is 0.190 e. The fraction of sp³-hybridized carbons (Fsp3) is 0.696. The average molecular weight is 420 g/mol. The van der Waals surface area contributed by atoms with Crippen molar-refractivity contribution in [3.8, 4) is 11.5 Å². The molecule has 0 amide bonds. The van der Waals surface area contributed by atoms with Crippen LogP contribution in [0.2, 0.25) is 0 Å². The van der Waals surface area contributed by atoms with Gasteiger partial charge < -0.3 is 29.9 Å². The molecule has 7 heteroatoms. The number of guanidine groups is 1. The summed E-state index contributed by atoms with van der Waals surface area (Å²) >= 11 is 0. The number of nitrogens with zero attached hydrogens (tertiary/aromatic N) is 3.